The number of rotatable bonds is 4. The summed E-state index contributed by atoms with van der Waals surface area (Å²) in [5.74, 6) is -1.68. The number of benzene rings is 1. The Bertz CT molecular complexity index is 644. The van der Waals surface area contributed by atoms with Gasteiger partial charge in [-0.2, -0.15) is 13.2 Å². The molecule has 0 aliphatic carbocycles. The number of amides is 1. The van der Waals surface area contributed by atoms with Crippen LogP contribution >= 0.6 is 0 Å². The highest BCUT2D eigenvalue weighted by molar-refractivity contribution is 5.82. The maximum atomic E-state index is 12.7. The lowest BCUT2D eigenvalue weighted by Gasteiger charge is -2.23. The van der Waals surface area contributed by atoms with Crippen LogP contribution in [0.2, 0.25) is 0 Å². The molecule has 4 nitrogen and oxygen atoms in total. The lowest BCUT2D eigenvalue weighted by Crippen LogP contribution is -2.37. The van der Waals surface area contributed by atoms with Crippen LogP contribution in [0.5, 0.6) is 0 Å². The van der Waals surface area contributed by atoms with E-state index in [1.54, 1.807) is 19.9 Å². The lowest BCUT2D eigenvalue weighted by molar-refractivity contribution is -0.147. The maximum absolute atomic E-state index is 12.7. The fourth-order valence-corrected chi connectivity index (χ4v) is 2.95. The number of carbonyl (C=O) groups excluding carboxylic acids is 1. The molecular formula is C17H20F3NO3. The van der Waals surface area contributed by atoms with Gasteiger partial charge in [-0.1, -0.05) is 25.1 Å². The van der Waals surface area contributed by atoms with Crippen LogP contribution in [0.4, 0.5) is 13.2 Å². The van der Waals surface area contributed by atoms with Crippen LogP contribution in [0, 0.1) is 11.3 Å². The SMILES string of the molecule is C[C@H](Cc1cccc(C(F)(F)F)c1)C(=O)N1CC[C@](C)(C(=O)O)C1. The number of aliphatic carboxylic acids is 1. The third-order valence-electron chi connectivity index (χ3n) is 4.52. The molecule has 2 rings (SSSR count). The molecule has 1 aliphatic heterocycles. The zero-order valence-electron chi connectivity index (χ0n) is 13.6. The van der Waals surface area contributed by atoms with Crippen molar-refractivity contribution in [3.05, 3.63) is 35.4 Å². The van der Waals surface area contributed by atoms with Crippen molar-refractivity contribution < 1.29 is 27.9 Å². The highest BCUT2D eigenvalue weighted by Crippen LogP contribution is 2.32. The molecule has 0 unspecified atom stereocenters. The molecule has 24 heavy (non-hydrogen) atoms. The molecule has 0 spiro atoms. The van der Waals surface area contributed by atoms with Gasteiger partial charge in [0.05, 0.1) is 11.0 Å². The Morgan fingerprint density at radius 3 is 2.58 bits per heavy atom. The second kappa shape index (κ2) is 6.45. The van der Waals surface area contributed by atoms with Crippen molar-refractivity contribution in [1.82, 2.24) is 4.90 Å². The Labute approximate surface area is 138 Å². The molecule has 0 aromatic heterocycles. The van der Waals surface area contributed by atoms with Crippen LogP contribution in [0.1, 0.15) is 31.4 Å². The van der Waals surface area contributed by atoms with Crippen LogP contribution in [0.3, 0.4) is 0 Å². The van der Waals surface area contributed by atoms with Gasteiger partial charge < -0.3 is 10.0 Å². The molecule has 1 N–H and O–H groups in total. The minimum atomic E-state index is -4.42. The molecule has 1 amide bonds. The van der Waals surface area contributed by atoms with E-state index in [4.69, 9.17) is 0 Å². The van der Waals surface area contributed by atoms with Crippen LogP contribution < -0.4 is 0 Å². The van der Waals surface area contributed by atoms with Gasteiger partial charge in [-0.25, -0.2) is 0 Å². The first-order chi connectivity index (χ1) is 11.0. The van der Waals surface area contributed by atoms with Crippen molar-refractivity contribution in [2.45, 2.75) is 32.9 Å². The van der Waals surface area contributed by atoms with Crippen LogP contribution in [0.15, 0.2) is 24.3 Å². The van der Waals surface area contributed by atoms with Gasteiger partial charge in [0.2, 0.25) is 5.91 Å². The van der Waals surface area contributed by atoms with Gasteiger partial charge >= 0.3 is 12.1 Å². The Morgan fingerprint density at radius 1 is 1.38 bits per heavy atom. The first-order valence-corrected chi connectivity index (χ1v) is 7.71. The van der Waals surface area contributed by atoms with E-state index in [1.165, 1.54) is 11.0 Å². The largest absolute Gasteiger partial charge is 0.481 e. The number of hydrogen-bond acceptors (Lipinski definition) is 2. The van der Waals surface area contributed by atoms with E-state index < -0.39 is 29.0 Å². The summed E-state index contributed by atoms with van der Waals surface area (Å²) in [6.07, 6.45) is -3.85. The Kier molecular flexibility index (Phi) is 4.92. The standard InChI is InChI=1S/C17H20F3NO3/c1-11(8-12-4-3-5-13(9-12)17(18,19)20)14(22)21-7-6-16(2,10-21)15(23)24/h3-5,9,11H,6-8,10H2,1-2H3,(H,23,24)/t11-,16+/m1/s1. The molecule has 132 valence electrons. The number of carbonyl (C=O) groups is 2. The number of alkyl halides is 3. The summed E-state index contributed by atoms with van der Waals surface area (Å²) < 4.78 is 38.2. The summed E-state index contributed by atoms with van der Waals surface area (Å²) in [6.45, 7) is 3.74. The fourth-order valence-electron chi connectivity index (χ4n) is 2.95. The number of carboxylic acids is 1. The van der Waals surface area contributed by atoms with Crippen molar-refractivity contribution in [3.8, 4) is 0 Å². The lowest BCUT2D eigenvalue weighted by atomic mass is 9.90. The summed E-state index contributed by atoms with van der Waals surface area (Å²) in [5.41, 5.74) is -1.25. The Hall–Kier alpha value is -2.05. The van der Waals surface area contributed by atoms with Crippen molar-refractivity contribution >= 4 is 11.9 Å². The van der Waals surface area contributed by atoms with Gasteiger partial charge in [0.1, 0.15) is 0 Å². The molecule has 1 aromatic carbocycles. The monoisotopic (exact) mass is 343 g/mol. The second-order valence-corrected chi connectivity index (χ2v) is 6.68. The van der Waals surface area contributed by atoms with E-state index in [0.29, 0.717) is 18.5 Å². The van der Waals surface area contributed by atoms with Crippen molar-refractivity contribution in [2.24, 2.45) is 11.3 Å². The van der Waals surface area contributed by atoms with Gasteiger partial charge in [-0.05, 0) is 31.4 Å². The summed E-state index contributed by atoms with van der Waals surface area (Å²) in [7, 11) is 0. The molecule has 0 bridgehead atoms. The summed E-state index contributed by atoms with van der Waals surface area (Å²) >= 11 is 0. The Balaban J connectivity index is 2.04. The quantitative estimate of drug-likeness (QED) is 0.913. The smallest absolute Gasteiger partial charge is 0.416 e. The molecule has 1 aromatic rings. The minimum absolute atomic E-state index is 0.133. The number of nitrogens with zero attached hydrogens (tertiary/aromatic N) is 1. The normalized spacial score (nSPS) is 22.5. The molecule has 2 atom stereocenters. The summed E-state index contributed by atoms with van der Waals surface area (Å²) in [6, 6.07) is 4.93. The van der Waals surface area contributed by atoms with Crippen molar-refractivity contribution in [1.29, 1.82) is 0 Å². The summed E-state index contributed by atoms with van der Waals surface area (Å²) in [4.78, 5) is 25.2. The highest BCUT2D eigenvalue weighted by atomic mass is 19.4. The molecule has 7 heteroatoms. The Morgan fingerprint density at radius 2 is 2.04 bits per heavy atom. The van der Waals surface area contributed by atoms with Gasteiger partial charge in [-0.15, -0.1) is 0 Å². The molecule has 1 saturated heterocycles. The minimum Gasteiger partial charge on any atom is -0.481 e. The summed E-state index contributed by atoms with van der Waals surface area (Å²) in [5, 5.41) is 9.21. The van der Waals surface area contributed by atoms with Gasteiger partial charge in [0.15, 0.2) is 0 Å². The fraction of sp³-hybridized carbons (Fsp3) is 0.529. The third-order valence-corrected chi connectivity index (χ3v) is 4.52. The van der Waals surface area contributed by atoms with Crippen molar-refractivity contribution in [3.63, 3.8) is 0 Å². The second-order valence-electron chi connectivity index (χ2n) is 6.68. The van der Waals surface area contributed by atoms with Gasteiger partial charge in [0.25, 0.3) is 0 Å². The van der Waals surface area contributed by atoms with Crippen molar-refractivity contribution in [2.75, 3.05) is 13.1 Å². The van der Waals surface area contributed by atoms with Crippen LogP contribution in [-0.4, -0.2) is 35.0 Å². The van der Waals surface area contributed by atoms with E-state index in [2.05, 4.69) is 0 Å². The third kappa shape index (κ3) is 3.88. The average molecular weight is 343 g/mol. The predicted molar refractivity (Wildman–Crippen MR) is 81.3 cm³/mol. The number of carboxylic acid groups (broad SMARTS) is 1. The molecule has 1 fully saturated rings. The molecule has 1 aliphatic rings. The van der Waals surface area contributed by atoms with E-state index in [9.17, 15) is 27.9 Å². The predicted octanol–water partition coefficient (Wildman–Crippen LogP) is 3.21. The zero-order valence-corrected chi connectivity index (χ0v) is 13.6. The molecule has 0 radical (unpaired) electrons. The molecular weight excluding hydrogens is 323 g/mol. The van der Waals surface area contributed by atoms with Crippen LogP contribution in [0.25, 0.3) is 0 Å². The van der Waals surface area contributed by atoms with Crippen LogP contribution in [-0.2, 0) is 22.2 Å². The van der Waals surface area contributed by atoms with E-state index in [0.717, 1.165) is 12.1 Å². The maximum Gasteiger partial charge on any atom is 0.416 e. The van der Waals surface area contributed by atoms with E-state index >= 15 is 0 Å². The van der Waals surface area contributed by atoms with Gasteiger partial charge in [-0.3, -0.25) is 9.59 Å². The average Bonchev–Trinajstić information content (AvgIpc) is 2.90. The van der Waals surface area contributed by atoms with E-state index in [-0.39, 0.29) is 18.9 Å². The number of likely N-dealkylation sites (tertiary alicyclic amines) is 1. The first-order valence-electron chi connectivity index (χ1n) is 7.71. The molecule has 1 heterocycles. The zero-order chi connectivity index (χ0) is 18.1. The van der Waals surface area contributed by atoms with Gasteiger partial charge in [0, 0.05) is 19.0 Å². The number of hydrogen-bond donors (Lipinski definition) is 1. The number of halogens is 3. The highest BCUT2D eigenvalue weighted by Gasteiger charge is 2.42. The molecule has 0 saturated carbocycles. The first kappa shape index (κ1) is 18.3. The van der Waals surface area contributed by atoms with E-state index in [1.807, 2.05) is 0 Å². The topological polar surface area (TPSA) is 57.6 Å².